The molecule has 2 nitrogen and oxygen atoms in total. The Bertz CT molecular complexity index is 179. The number of ether oxygens (including phenoxy) is 1. The molecule has 2 heteroatoms. The summed E-state index contributed by atoms with van der Waals surface area (Å²) >= 11 is 0. The van der Waals surface area contributed by atoms with E-state index in [-0.39, 0.29) is 5.54 Å². The second-order valence-corrected chi connectivity index (χ2v) is 5.52. The summed E-state index contributed by atoms with van der Waals surface area (Å²) in [7, 11) is 1.78. The van der Waals surface area contributed by atoms with Gasteiger partial charge in [-0.25, -0.2) is 0 Å². The van der Waals surface area contributed by atoms with Crippen molar-refractivity contribution in [2.45, 2.75) is 64.5 Å². The number of nitrogens with one attached hydrogen (secondary N) is 1. The summed E-state index contributed by atoms with van der Waals surface area (Å²) in [6, 6.07) is 0.703. The average Bonchev–Trinajstić information content (AvgIpc) is 2.17. The van der Waals surface area contributed by atoms with Crippen LogP contribution in [-0.4, -0.2) is 25.3 Å². The molecule has 15 heavy (non-hydrogen) atoms. The minimum Gasteiger partial charge on any atom is -0.383 e. The van der Waals surface area contributed by atoms with E-state index in [1.165, 1.54) is 32.1 Å². The molecule has 2 atom stereocenters. The third kappa shape index (κ3) is 4.12. The highest BCUT2D eigenvalue weighted by molar-refractivity contribution is 4.87. The van der Waals surface area contributed by atoms with Crippen molar-refractivity contribution in [3.05, 3.63) is 0 Å². The minimum absolute atomic E-state index is 0.115. The zero-order valence-corrected chi connectivity index (χ0v) is 10.8. The molecular formula is C13H27NO. The standard InChI is InChI=1S/C13H27NO/c1-5-11-8-6-7-9-12(11)14-13(2,3)10-15-4/h11-12,14H,5-10H2,1-4H3. The first-order valence-electron chi connectivity index (χ1n) is 6.35. The lowest BCUT2D eigenvalue weighted by molar-refractivity contribution is 0.103. The summed E-state index contributed by atoms with van der Waals surface area (Å²) in [5.41, 5.74) is 0.115. The first-order chi connectivity index (χ1) is 7.09. The van der Waals surface area contributed by atoms with Crippen LogP contribution in [0.2, 0.25) is 0 Å². The van der Waals surface area contributed by atoms with Crippen LogP contribution in [0.1, 0.15) is 52.9 Å². The van der Waals surface area contributed by atoms with E-state index in [1.807, 2.05) is 0 Å². The molecule has 0 aliphatic heterocycles. The fourth-order valence-corrected chi connectivity index (χ4v) is 2.79. The summed E-state index contributed by atoms with van der Waals surface area (Å²) < 4.78 is 5.25. The quantitative estimate of drug-likeness (QED) is 0.758. The predicted molar refractivity (Wildman–Crippen MR) is 65.1 cm³/mol. The summed E-state index contributed by atoms with van der Waals surface area (Å²) in [4.78, 5) is 0. The first kappa shape index (κ1) is 13.0. The smallest absolute Gasteiger partial charge is 0.0639 e. The van der Waals surface area contributed by atoms with Crippen LogP contribution < -0.4 is 5.32 Å². The van der Waals surface area contributed by atoms with Crippen LogP contribution in [0.15, 0.2) is 0 Å². The fourth-order valence-electron chi connectivity index (χ4n) is 2.79. The molecule has 2 unspecified atom stereocenters. The molecule has 0 aromatic rings. The average molecular weight is 213 g/mol. The summed E-state index contributed by atoms with van der Waals surface area (Å²) in [6.45, 7) is 7.57. The molecule has 0 amide bonds. The topological polar surface area (TPSA) is 21.3 Å². The van der Waals surface area contributed by atoms with Crippen molar-refractivity contribution in [2.24, 2.45) is 5.92 Å². The van der Waals surface area contributed by atoms with Crippen LogP contribution in [0.4, 0.5) is 0 Å². The molecule has 1 aliphatic carbocycles. The van der Waals surface area contributed by atoms with Gasteiger partial charge in [-0.3, -0.25) is 0 Å². The Morgan fingerprint density at radius 2 is 1.93 bits per heavy atom. The van der Waals surface area contributed by atoms with E-state index in [1.54, 1.807) is 7.11 Å². The van der Waals surface area contributed by atoms with Crippen LogP contribution in [0, 0.1) is 5.92 Å². The molecule has 90 valence electrons. The lowest BCUT2D eigenvalue weighted by Crippen LogP contribution is -2.52. The molecule has 0 aromatic carbocycles. The van der Waals surface area contributed by atoms with E-state index in [2.05, 4.69) is 26.1 Å². The summed E-state index contributed by atoms with van der Waals surface area (Å²) in [5.74, 6) is 0.870. The molecule has 0 radical (unpaired) electrons. The van der Waals surface area contributed by atoms with Crippen molar-refractivity contribution in [1.82, 2.24) is 5.32 Å². The highest BCUT2D eigenvalue weighted by Crippen LogP contribution is 2.28. The Balaban J connectivity index is 2.46. The maximum Gasteiger partial charge on any atom is 0.0639 e. The fraction of sp³-hybridized carbons (Fsp3) is 1.00. The van der Waals surface area contributed by atoms with Crippen molar-refractivity contribution in [3.8, 4) is 0 Å². The Labute approximate surface area is 94.8 Å². The first-order valence-corrected chi connectivity index (χ1v) is 6.35. The van der Waals surface area contributed by atoms with Crippen molar-refractivity contribution in [1.29, 1.82) is 0 Å². The van der Waals surface area contributed by atoms with Crippen molar-refractivity contribution in [3.63, 3.8) is 0 Å². The van der Waals surface area contributed by atoms with Gasteiger partial charge in [-0.2, -0.15) is 0 Å². The van der Waals surface area contributed by atoms with Gasteiger partial charge in [0.25, 0.3) is 0 Å². The second-order valence-electron chi connectivity index (χ2n) is 5.52. The SMILES string of the molecule is CCC1CCCCC1NC(C)(C)COC. The molecule has 1 fully saturated rings. The van der Waals surface area contributed by atoms with Gasteiger partial charge in [0.1, 0.15) is 0 Å². The normalized spacial score (nSPS) is 28.0. The van der Waals surface area contributed by atoms with Gasteiger partial charge in [0.05, 0.1) is 6.61 Å². The Morgan fingerprint density at radius 3 is 2.53 bits per heavy atom. The van der Waals surface area contributed by atoms with Gasteiger partial charge in [-0.1, -0.05) is 26.2 Å². The third-order valence-corrected chi connectivity index (χ3v) is 3.51. The maximum atomic E-state index is 5.25. The van der Waals surface area contributed by atoms with Crippen molar-refractivity contribution >= 4 is 0 Å². The second kappa shape index (κ2) is 5.86. The van der Waals surface area contributed by atoms with Crippen LogP contribution in [0.3, 0.4) is 0 Å². The molecule has 0 aromatic heterocycles. The van der Waals surface area contributed by atoms with E-state index >= 15 is 0 Å². The Kier molecular flexibility index (Phi) is 5.07. The van der Waals surface area contributed by atoms with Crippen LogP contribution in [0.5, 0.6) is 0 Å². The number of hydrogen-bond donors (Lipinski definition) is 1. The van der Waals surface area contributed by atoms with Crippen molar-refractivity contribution < 1.29 is 4.74 Å². The lowest BCUT2D eigenvalue weighted by atomic mass is 9.81. The molecule has 0 bridgehead atoms. The number of rotatable bonds is 5. The molecule has 0 saturated heterocycles. The highest BCUT2D eigenvalue weighted by Gasteiger charge is 2.28. The Hall–Kier alpha value is -0.0800. The van der Waals surface area contributed by atoms with Gasteiger partial charge >= 0.3 is 0 Å². The molecule has 1 rings (SSSR count). The van der Waals surface area contributed by atoms with Gasteiger partial charge in [0.15, 0.2) is 0 Å². The zero-order valence-electron chi connectivity index (χ0n) is 10.8. The summed E-state index contributed by atoms with van der Waals surface area (Å²) in [5, 5.41) is 3.77. The van der Waals surface area contributed by atoms with Gasteiger partial charge in [-0.05, 0) is 32.6 Å². The molecule has 1 N–H and O–H groups in total. The van der Waals surface area contributed by atoms with E-state index < -0.39 is 0 Å². The van der Waals surface area contributed by atoms with E-state index in [9.17, 15) is 0 Å². The van der Waals surface area contributed by atoms with Gasteiger partial charge in [0.2, 0.25) is 0 Å². The van der Waals surface area contributed by atoms with Gasteiger partial charge in [-0.15, -0.1) is 0 Å². The largest absolute Gasteiger partial charge is 0.383 e. The van der Waals surface area contributed by atoms with Crippen molar-refractivity contribution in [2.75, 3.05) is 13.7 Å². The number of methoxy groups -OCH3 is 1. The third-order valence-electron chi connectivity index (χ3n) is 3.51. The predicted octanol–water partition coefficient (Wildman–Crippen LogP) is 2.97. The minimum atomic E-state index is 0.115. The molecule has 1 saturated carbocycles. The molecular weight excluding hydrogens is 186 g/mol. The molecule has 0 heterocycles. The van der Waals surface area contributed by atoms with Gasteiger partial charge in [0, 0.05) is 18.7 Å². The van der Waals surface area contributed by atoms with Gasteiger partial charge < -0.3 is 10.1 Å². The zero-order chi connectivity index (χ0) is 11.3. The van der Waals surface area contributed by atoms with E-state index in [0.29, 0.717) is 6.04 Å². The summed E-state index contributed by atoms with van der Waals surface area (Å²) in [6.07, 6.45) is 6.85. The van der Waals surface area contributed by atoms with Crippen LogP contribution in [0.25, 0.3) is 0 Å². The van der Waals surface area contributed by atoms with E-state index in [0.717, 1.165) is 12.5 Å². The van der Waals surface area contributed by atoms with Crippen LogP contribution in [-0.2, 0) is 4.74 Å². The Morgan fingerprint density at radius 1 is 1.27 bits per heavy atom. The maximum absolute atomic E-state index is 5.25. The monoisotopic (exact) mass is 213 g/mol. The van der Waals surface area contributed by atoms with E-state index in [4.69, 9.17) is 4.74 Å². The number of hydrogen-bond acceptors (Lipinski definition) is 2. The molecule has 1 aliphatic rings. The lowest BCUT2D eigenvalue weighted by Gasteiger charge is -2.38. The van der Waals surface area contributed by atoms with Crippen LogP contribution >= 0.6 is 0 Å². The molecule has 0 spiro atoms. The highest BCUT2D eigenvalue weighted by atomic mass is 16.5.